The number of rotatable bonds is 5. The Morgan fingerprint density at radius 2 is 2.15 bits per heavy atom. The van der Waals surface area contributed by atoms with E-state index < -0.39 is 0 Å². The second-order valence-electron chi connectivity index (χ2n) is 6.09. The molecule has 0 fully saturated rings. The van der Waals surface area contributed by atoms with Crippen molar-refractivity contribution in [2.75, 3.05) is 18.4 Å². The summed E-state index contributed by atoms with van der Waals surface area (Å²) in [6.45, 7) is 7.62. The van der Waals surface area contributed by atoms with E-state index in [4.69, 9.17) is 0 Å². The number of thiophene rings is 1. The molecule has 2 nitrogen and oxygen atoms in total. The van der Waals surface area contributed by atoms with Gasteiger partial charge in [-0.1, -0.05) is 38.1 Å². The number of anilines is 1. The van der Waals surface area contributed by atoms with E-state index in [2.05, 4.69) is 60.2 Å². The van der Waals surface area contributed by atoms with Crippen molar-refractivity contribution in [2.24, 2.45) is 0 Å². The average Bonchev–Trinajstić information content (AvgIpc) is 3.10. The predicted molar refractivity (Wildman–Crippen MR) is 87.7 cm³/mol. The van der Waals surface area contributed by atoms with Crippen molar-refractivity contribution in [1.82, 2.24) is 5.32 Å². The summed E-state index contributed by atoms with van der Waals surface area (Å²) in [5.74, 6) is 0. The van der Waals surface area contributed by atoms with Gasteiger partial charge in [-0.15, -0.1) is 11.3 Å². The summed E-state index contributed by atoms with van der Waals surface area (Å²) in [5.41, 5.74) is 4.40. The second-order valence-corrected chi connectivity index (χ2v) is 7.04. The summed E-state index contributed by atoms with van der Waals surface area (Å²) < 4.78 is 0. The molecule has 0 spiro atoms. The zero-order chi connectivity index (χ0) is 14.0. The van der Waals surface area contributed by atoms with Gasteiger partial charge in [-0.3, -0.25) is 0 Å². The smallest absolute Gasteiger partial charge is 0.0419 e. The minimum atomic E-state index is 0.194. The highest BCUT2D eigenvalue weighted by molar-refractivity contribution is 7.10. The molecule has 1 aliphatic heterocycles. The molecule has 2 aromatic rings. The topological polar surface area (TPSA) is 24.1 Å². The molecular formula is C17H22N2S. The van der Waals surface area contributed by atoms with Crippen LogP contribution in [0.25, 0.3) is 0 Å². The molecule has 0 saturated heterocycles. The Labute approximate surface area is 125 Å². The molecule has 2 heterocycles. The minimum Gasteiger partial charge on any atom is -0.384 e. The number of para-hydroxylation sites is 1. The Morgan fingerprint density at radius 1 is 1.25 bits per heavy atom. The van der Waals surface area contributed by atoms with Gasteiger partial charge in [-0.05, 0) is 29.0 Å². The van der Waals surface area contributed by atoms with Crippen LogP contribution in [0, 0.1) is 0 Å². The third kappa shape index (κ3) is 2.74. The molecule has 1 aromatic carbocycles. The van der Waals surface area contributed by atoms with Crippen LogP contribution in [0.5, 0.6) is 0 Å². The summed E-state index contributed by atoms with van der Waals surface area (Å²) in [5, 5.41) is 9.29. The highest BCUT2D eigenvalue weighted by Crippen LogP contribution is 2.28. The van der Waals surface area contributed by atoms with E-state index in [-0.39, 0.29) is 5.41 Å². The monoisotopic (exact) mass is 286 g/mol. The molecule has 20 heavy (non-hydrogen) atoms. The lowest BCUT2D eigenvalue weighted by molar-refractivity contribution is 0.477. The fraction of sp³-hybridized carbons (Fsp3) is 0.412. The predicted octanol–water partition coefficient (Wildman–Crippen LogP) is 3.78. The zero-order valence-corrected chi connectivity index (χ0v) is 13.0. The standard InChI is InChI=1S/C17H22N2S/c1-17(2,15-7-4-10-20-15)12-18-11-14-6-3-5-13-8-9-19-16(13)14/h3-7,10,18-19H,8-9,11-12H2,1-2H3. The molecule has 0 unspecified atom stereocenters. The van der Waals surface area contributed by atoms with Crippen LogP contribution in [-0.4, -0.2) is 13.1 Å². The Bertz CT molecular complexity index is 573. The summed E-state index contributed by atoms with van der Waals surface area (Å²) >= 11 is 1.84. The van der Waals surface area contributed by atoms with Crippen molar-refractivity contribution in [3.8, 4) is 0 Å². The molecule has 0 bridgehead atoms. The Hall–Kier alpha value is -1.32. The first-order valence-corrected chi connectivity index (χ1v) is 8.14. The Balaban J connectivity index is 1.62. The number of fused-ring (bicyclic) bond motifs is 1. The fourth-order valence-corrected chi connectivity index (χ4v) is 3.67. The van der Waals surface area contributed by atoms with Crippen LogP contribution in [0.3, 0.4) is 0 Å². The van der Waals surface area contributed by atoms with Gasteiger partial charge >= 0.3 is 0 Å². The Morgan fingerprint density at radius 3 is 2.95 bits per heavy atom. The lowest BCUT2D eigenvalue weighted by atomic mass is 9.91. The Kier molecular flexibility index (Phi) is 3.81. The maximum Gasteiger partial charge on any atom is 0.0419 e. The molecule has 0 saturated carbocycles. The van der Waals surface area contributed by atoms with Crippen LogP contribution in [0.2, 0.25) is 0 Å². The molecule has 0 amide bonds. The molecule has 0 atom stereocenters. The molecular weight excluding hydrogens is 264 g/mol. The van der Waals surface area contributed by atoms with Crippen LogP contribution < -0.4 is 10.6 Å². The maximum atomic E-state index is 3.63. The number of nitrogens with one attached hydrogen (secondary N) is 2. The fourth-order valence-electron chi connectivity index (χ4n) is 2.82. The first-order valence-electron chi connectivity index (χ1n) is 7.26. The molecule has 0 aliphatic carbocycles. The van der Waals surface area contributed by atoms with Crippen LogP contribution in [0.15, 0.2) is 35.7 Å². The number of benzene rings is 1. The summed E-state index contributed by atoms with van der Waals surface area (Å²) in [4.78, 5) is 1.45. The molecule has 0 radical (unpaired) electrons. The van der Waals surface area contributed by atoms with Gasteiger partial charge in [0.15, 0.2) is 0 Å². The highest BCUT2D eigenvalue weighted by Gasteiger charge is 2.21. The summed E-state index contributed by atoms with van der Waals surface area (Å²) in [7, 11) is 0. The van der Waals surface area contributed by atoms with Gasteiger partial charge in [-0.2, -0.15) is 0 Å². The first kappa shape index (κ1) is 13.7. The van der Waals surface area contributed by atoms with Crippen molar-refractivity contribution in [2.45, 2.75) is 32.2 Å². The quantitative estimate of drug-likeness (QED) is 0.874. The van der Waals surface area contributed by atoms with Crippen molar-refractivity contribution < 1.29 is 0 Å². The van der Waals surface area contributed by atoms with Crippen molar-refractivity contribution in [1.29, 1.82) is 0 Å². The third-order valence-electron chi connectivity index (χ3n) is 4.00. The van der Waals surface area contributed by atoms with Gasteiger partial charge in [0.25, 0.3) is 0 Å². The van der Waals surface area contributed by atoms with Gasteiger partial charge in [0.1, 0.15) is 0 Å². The van der Waals surface area contributed by atoms with Crippen LogP contribution >= 0.6 is 11.3 Å². The molecule has 3 rings (SSSR count). The lowest BCUT2D eigenvalue weighted by Gasteiger charge is -2.24. The third-order valence-corrected chi connectivity index (χ3v) is 5.24. The highest BCUT2D eigenvalue weighted by atomic mass is 32.1. The van der Waals surface area contributed by atoms with E-state index in [1.165, 1.54) is 21.7 Å². The maximum absolute atomic E-state index is 3.63. The summed E-state index contributed by atoms with van der Waals surface area (Å²) in [6, 6.07) is 11.0. The number of hydrogen-bond donors (Lipinski definition) is 2. The van der Waals surface area contributed by atoms with Crippen molar-refractivity contribution >= 4 is 17.0 Å². The normalized spacial score (nSPS) is 14.1. The molecule has 1 aromatic heterocycles. The van der Waals surface area contributed by atoms with Crippen LogP contribution in [-0.2, 0) is 18.4 Å². The molecule has 3 heteroatoms. The average molecular weight is 286 g/mol. The molecule has 2 N–H and O–H groups in total. The van der Waals surface area contributed by atoms with Gasteiger partial charge < -0.3 is 10.6 Å². The number of hydrogen-bond acceptors (Lipinski definition) is 3. The van der Waals surface area contributed by atoms with Crippen molar-refractivity contribution in [3.63, 3.8) is 0 Å². The van der Waals surface area contributed by atoms with Crippen molar-refractivity contribution in [3.05, 3.63) is 51.7 Å². The SMILES string of the molecule is CC(C)(CNCc1cccc2c1NCC2)c1cccs1. The van der Waals surface area contributed by atoms with Crippen LogP contribution in [0.4, 0.5) is 5.69 Å². The van der Waals surface area contributed by atoms with E-state index in [0.29, 0.717) is 0 Å². The molecule has 106 valence electrons. The van der Waals surface area contributed by atoms with Gasteiger partial charge in [0, 0.05) is 35.6 Å². The zero-order valence-electron chi connectivity index (χ0n) is 12.2. The first-order chi connectivity index (χ1) is 9.67. The van der Waals surface area contributed by atoms with E-state index in [1.54, 1.807) is 0 Å². The second kappa shape index (κ2) is 5.58. The minimum absolute atomic E-state index is 0.194. The van der Waals surface area contributed by atoms with Crippen LogP contribution in [0.1, 0.15) is 29.9 Å². The van der Waals surface area contributed by atoms with Gasteiger partial charge in [0.2, 0.25) is 0 Å². The van der Waals surface area contributed by atoms with E-state index >= 15 is 0 Å². The van der Waals surface area contributed by atoms with E-state index in [0.717, 1.165) is 26.1 Å². The summed E-state index contributed by atoms with van der Waals surface area (Å²) in [6.07, 6.45) is 1.16. The lowest BCUT2D eigenvalue weighted by Crippen LogP contribution is -2.32. The largest absolute Gasteiger partial charge is 0.384 e. The van der Waals surface area contributed by atoms with E-state index in [1.807, 2.05) is 11.3 Å². The van der Waals surface area contributed by atoms with Gasteiger partial charge in [0.05, 0.1) is 0 Å². The van der Waals surface area contributed by atoms with Gasteiger partial charge in [-0.25, -0.2) is 0 Å². The van der Waals surface area contributed by atoms with E-state index in [9.17, 15) is 0 Å². The molecule has 1 aliphatic rings.